The number of methoxy groups -OCH3 is 1. The molecular weight excluding hydrogens is 252 g/mol. The van der Waals surface area contributed by atoms with Crippen molar-refractivity contribution in [3.63, 3.8) is 0 Å². The second-order valence-electron chi connectivity index (χ2n) is 4.68. The minimum absolute atomic E-state index is 0.00769. The molecule has 1 saturated heterocycles. The molecule has 1 atom stereocenters. The average molecular weight is 274 g/mol. The number of hydrogen-bond acceptors (Lipinski definition) is 4. The quantitative estimate of drug-likeness (QED) is 0.693. The van der Waals surface area contributed by atoms with Gasteiger partial charge in [-0.25, -0.2) is 0 Å². The van der Waals surface area contributed by atoms with Crippen LogP contribution in [0.3, 0.4) is 0 Å². The topological polar surface area (TPSA) is 64.8 Å². The first-order chi connectivity index (χ1) is 8.49. The van der Waals surface area contributed by atoms with E-state index in [0.29, 0.717) is 37.7 Å². The molecular formula is C12H22N2O3S. The fraction of sp³-hybridized carbons (Fsp3) is 0.833. The molecule has 1 amide bonds. The third-order valence-corrected chi connectivity index (χ3v) is 3.36. The lowest BCUT2D eigenvalue weighted by Gasteiger charge is -2.31. The molecule has 1 fully saturated rings. The summed E-state index contributed by atoms with van der Waals surface area (Å²) in [7, 11) is 1.62. The van der Waals surface area contributed by atoms with Gasteiger partial charge in [0.25, 0.3) is 5.91 Å². The van der Waals surface area contributed by atoms with Crippen LogP contribution in [-0.4, -0.2) is 54.8 Å². The van der Waals surface area contributed by atoms with Crippen molar-refractivity contribution in [1.29, 1.82) is 0 Å². The third-order valence-electron chi connectivity index (χ3n) is 3.15. The first-order valence-electron chi connectivity index (χ1n) is 6.20. The number of carbonyl (C=O) groups is 1. The molecule has 1 unspecified atom stereocenters. The second-order valence-corrected chi connectivity index (χ2v) is 5.21. The molecule has 0 aliphatic carbocycles. The van der Waals surface area contributed by atoms with E-state index in [4.69, 9.17) is 27.4 Å². The maximum Gasteiger partial charge on any atom is 0.254 e. The molecule has 1 aliphatic rings. The molecule has 5 nitrogen and oxygen atoms in total. The van der Waals surface area contributed by atoms with E-state index in [9.17, 15) is 4.79 Å². The summed E-state index contributed by atoms with van der Waals surface area (Å²) >= 11 is 4.85. The Morgan fingerprint density at radius 1 is 1.56 bits per heavy atom. The van der Waals surface area contributed by atoms with Crippen molar-refractivity contribution in [3.05, 3.63) is 0 Å². The van der Waals surface area contributed by atoms with Gasteiger partial charge >= 0.3 is 0 Å². The van der Waals surface area contributed by atoms with E-state index in [0.717, 1.165) is 12.8 Å². The molecule has 0 spiro atoms. The van der Waals surface area contributed by atoms with Crippen molar-refractivity contribution in [2.45, 2.75) is 31.8 Å². The minimum Gasteiger partial charge on any atom is -0.393 e. The average Bonchev–Trinajstić information content (AvgIpc) is 2.76. The Morgan fingerprint density at radius 2 is 2.28 bits per heavy atom. The number of nitrogens with two attached hydrogens (primary N) is 1. The van der Waals surface area contributed by atoms with Crippen molar-refractivity contribution in [1.82, 2.24) is 4.90 Å². The normalized spacial score (nSPS) is 23.0. The molecule has 0 aromatic carbocycles. The molecule has 18 heavy (non-hydrogen) atoms. The summed E-state index contributed by atoms with van der Waals surface area (Å²) in [4.78, 5) is 14.6. The van der Waals surface area contributed by atoms with Crippen LogP contribution in [0.15, 0.2) is 0 Å². The van der Waals surface area contributed by atoms with Crippen LogP contribution in [0.4, 0.5) is 0 Å². The van der Waals surface area contributed by atoms with Crippen molar-refractivity contribution < 1.29 is 14.3 Å². The number of thiocarbonyl (C=S) groups is 1. The predicted molar refractivity (Wildman–Crippen MR) is 73.4 cm³/mol. The Morgan fingerprint density at radius 3 is 2.78 bits per heavy atom. The van der Waals surface area contributed by atoms with E-state index in [-0.39, 0.29) is 5.91 Å². The highest BCUT2D eigenvalue weighted by atomic mass is 32.1. The molecule has 1 heterocycles. The summed E-state index contributed by atoms with van der Waals surface area (Å²) in [5.41, 5.74) is 4.80. The molecule has 0 aromatic rings. The first kappa shape index (κ1) is 15.3. The van der Waals surface area contributed by atoms with Crippen LogP contribution in [0.5, 0.6) is 0 Å². The van der Waals surface area contributed by atoms with Crippen molar-refractivity contribution >= 4 is 23.1 Å². The van der Waals surface area contributed by atoms with Gasteiger partial charge in [0.15, 0.2) is 0 Å². The maximum atomic E-state index is 12.4. The zero-order valence-electron chi connectivity index (χ0n) is 11.1. The zero-order chi connectivity index (χ0) is 13.6. The van der Waals surface area contributed by atoms with E-state index in [2.05, 4.69) is 0 Å². The summed E-state index contributed by atoms with van der Waals surface area (Å²) in [6.45, 7) is 4.06. The Balaban J connectivity index is 2.62. The molecule has 0 aromatic heterocycles. The van der Waals surface area contributed by atoms with Gasteiger partial charge in [-0.3, -0.25) is 4.79 Å². The fourth-order valence-electron chi connectivity index (χ4n) is 2.04. The highest BCUT2D eigenvalue weighted by Crippen LogP contribution is 2.27. The van der Waals surface area contributed by atoms with Gasteiger partial charge in [0.05, 0.1) is 11.6 Å². The second kappa shape index (κ2) is 7.01. The summed E-state index contributed by atoms with van der Waals surface area (Å²) in [6, 6.07) is 0. The van der Waals surface area contributed by atoms with E-state index in [1.807, 2.05) is 6.92 Å². The highest BCUT2D eigenvalue weighted by molar-refractivity contribution is 7.80. The van der Waals surface area contributed by atoms with Crippen LogP contribution >= 0.6 is 12.2 Å². The van der Waals surface area contributed by atoms with E-state index < -0.39 is 5.60 Å². The summed E-state index contributed by atoms with van der Waals surface area (Å²) in [5, 5.41) is 0. The molecule has 2 N–H and O–H groups in total. The van der Waals surface area contributed by atoms with Crippen LogP contribution in [0.1, 0.15) is 26.2 Å². The lowest BCUT2D eigenvalue weighted by atomic mass is 10.0. The summed E-state index contributed by atoms with van der Waals surface area (Å²) < 4.78 is 10.6. The highest BCUT2D eigenvalue weighted by Gasteiger charge is 2.40. The molecule has 1 rings (SSSR count). The monoisotopic (exact) mass is 274 g/mol. The first-order valence-corrected chi connectivity index (χ1v) is 6.61. The number of carbonyl (C=O) groups excluding carboxylic acids is 1. The third kappa shape index (κ3) is 4.19. The van der Waals surface area contributed by atoms with Crippen molar-refractivity contribution in [2.75, 3.05) is 33.4 Å². The smallest absolute Gasteiger partial charge is 0.254 e. The van der Waals surface area contributed by atoms with E-state index in [1.54, 1.807) is 12.0 Å². The van der Waals surface area contributed by atoms with Gasteiger partial charge in [0.1, 0.15) is 5.60 Å². The number of nitrogens with zero attached hydrogens (tertiary/aromatic N) is 1. The Bertz CT molecular complexity index is 304. The summed E-state index contributed by atoms with van der Waals surface area (Å²) in [5.74, 6) is 0.00769. The predicted octanol–water partition coefficient (Wildman–Crippen LogP) is 0.707. The SMILES string of the molecule is COCCN(CCC(N)=S)C(=O)C1(C)CCCO1. The van der Waals surface area contributed by atoms with Gasteiger partial charge < -0.3 is 20.1 Å². The number of hydrogen-bond donors (Lipinski definition) is 1. The Kier molecular flexibility index (Phi) is 5.98. The number of rotatable bonds is 7. The molecule has 0 saturated carbocycles. The van der Waals surface area contributed by atoms with Gasteiger partial charge in [0, 0.05) is 33.2 Å². The largest absolute Gasteiger partial charge is 0.393 e. The van der Waals surface area contributed by atoms with E-state index in [1.165, 1.54) is 0 Å². The minimum atomic E-state index is -0.691. The van der Waals surface area contributed by atoms with Crippen LogP contribution in [0.2, 0.25) is 0 Å². The maximum absolute atomic E-state index is 12.4. The van der Waals surface area contributed by atoms with Crippen molar-refractivity contribution in [3.8, 4) is 0 Å². The van der Waals surface area contributed by atoms with Crippen LogP contribution in [-0.2, 0) is 14.3 Å². The lowest BCUT2D eigenvalue weighted by Crippen LogP contribution is -2.48. The molecule has 0 bridgehead atoms. The lowest BCUT2D eigenvalue weighted by molar-refractivity contribution is -0.151. The van der Waals surface area contributed by atoms with Gasteiger partial charge in [-0.05, 0) is 19.8 Å². The van der Waals surface area contributed by atoms with Crippen LogP contribution in [0, 0.1) is 0 Å². The molecule has 104 valence electrons. The van der Waals surface area contributed by atoms with Gasteiger partial charge in [-0.1, -0.05) is 12.2 Å². The standard InChI is InChI=1S/C12H22N2O3S/c1-12(5-3-8-17-12)11(15)14(7-9-16-2)6-4-10(13)18/h3-9H2,1-2H3,(H2,13,18). The molecule has 6 heteroatoms. The fourth-order valence-corrected chi connectivity index (χ4v) is 2.14. The van der Waals surface area contributed by atoms with Gasteiger partial charge in [-0.15, -0.1) is 0 Å². The number of ether oxygens (including phenoxy) is 2. The summed E-state index contributed by atoms with van der Waals surface area (Å²) in [6.07, 6.45) is 2.22. The molecule has 1 aliphatic heterocycles. The number of amides is 1. The Labute approximate surface area is 114 Å². The molecule has 0 radical (unpaired) electrons. The van der Waals surface area contributed by atoms with Crippen LogP contribution < -0.4 is 5.73 Å². The van der Waals surface area contributed by atoms with E-state index >= 15 is 0 Å². The van der Waals surface area contributed by atoms with Crippen LogP contribution in [0.25, 0.3) is 0 Å². The van der Waals surface area contributed by atoms with Gasteiger partial charge in [-0.2, -0.15) is 0 Å². The Hall–Kier alpha value is -0.720. The van der Waals surface area contributed by atoms with Gasteiger partial charge in [0.2, 0.25) is 0 Å². The van der Waals surface area contributed by atoms with Crippen molar-refractivity contribution in [2.24, 2.45) is 5.73 Å². The zero-order valence-corrected chi connectivity index (χ0v) is 11.9.